The van der Waals surface area contributed by atoms with Crippen LogP contribution >= 0.6 is 11.3 Å². The lowest BCUT2D eigenvalue weighted by Crippen LogP contribution is -2.24. The standard InChI is InChI=1S/C23H23N3O2S/c1-15(16-9-11-18(28-3)12-10-16)26(2)14-21-24-22(27)19-13-20(29-23(19)25-21)17-7-5-4-6-8-17/h4-13,15H,14H2,1-3H3,(H,24,25,27). The average molecular weight is 406 g/mol. The number of H-pyrrole nitrogens is 1. The molecule has 0 saturated carbocycles. The Morgan fingerprint density at radius 2 is 1.86 bits per heavy atom. The van der Waals surface area contributed by atoms with Crippen molar-refractivity contribution in [2.24, 2.45) is 0 Å². The number of thiophene rings is 1. The smallest absolute Gasteiger partial charge is 0.259 e. The van der Waals surface area contributed by atoms with E-state index in [0.717, 1.165) is 21.0 Å². The van der Waals surface area contributed by atoms with Crippen molar-refractivity contribution in [3.05, 3.63) is 82.4 Å². The van der Waals surface area contributed by atoms with Crippen LogP contribution in [0.15, 0.2) is 65.5 Å². The largest absolute Gasteiger partial charge is 0.497 e. The fraction of sp³-hybridized carbons (Fsp3) is 0.217. The number of nitrogens with one attached hydrogen (secondary N) is 1. The molecule has 0 bridgehead atoms. The van der Waals surface area contributed by atoms with E-state index >= 15 is 0 Å². The average Bonchev–Trinajstić information content (AvgIpc) is 3.19. The summed E-state index contributed by atoms with van der Waals surface area (Å²) in [6.07, 6.45) is 0. The number of nitrogens with zero attached hydrogens (tertiary/aromatic N) is 2. The highest BCUT2D eigenvalue weighted by Crippen LogP contribution is 2.31. The summed E-state index contributed by atoms with van der Waals surface area (Å²) in [5, 5.41) is 0.642. The first-order valence-corrected chi connectivity index (χ1v) is 10.3. The van der Waals surface area contributed by atoms with Crippen LogP contribution in [0, 0.1) is 0 Å². The monoisotopic (exact) mass is 405 g/mol. The molecule has 6 heteroatoms. The van der Waals surface area contributed by atoms with E-state index in [1.54, 1.807) is 18.4 Å². The van der Waals surface area contributed by atoms with Crippen LogP contribution in [-0.4, -0.2) is 29.0 Å². The van der Waals surface area contributed by atoms with Crippen molar-refractivity contribution in [1.82, 2.24) is 14.9 Å². The Bertz CT molecular complexity index is 1170. The van der Waals surface area contributed by atoms with Gasteiger partial charge in [-0.3, -0.25) is 9.69 Å². The lowest BCUT2D eigenvalue weighted by molar-refractivity contribution is 0.247. The molecule has 0 radical (unpaired) electrons. The third-order valence-corrected chi connectivity index (χ3v) is 6.25. The zero-order valence-corrected chi connectivity index (χ0v) is 17.5. The predicted molar refractivity (Wildman–Crippen MR) is 119 cm³/mol. The molecule has 1 atom stereocenters. The maximum atomic E-state index is 12.6. The molecule has 1 unspecified atom stereocenters. The molecule has 4 rings (SSSR count). The Morgan fingerprint density at radius 1 is 1.14 bits per heavy atom. The number of fused-ring (bicyclic) bond motifs is 1. The van der Waals surface area contributed by atoms with Crippen molar-refractivity contribution in [3.63, 3.8) is 0 Å². The molecule has 0 aliphatic heterocycles. The van der Waals surface area contributed by atoms with E-state index in [2.05, 4.69) is 28.9 Å². The van der Waals surface area contributed by atoms with E-state index in [-0.39, 0.29) is 11.6 Å². The van der Waals surface area contributed by atoms with Crippen LogP contribution < -0.4 is 10.3 Å². The van der Waals surface area contributed by atoms with Gasteiger partial charge in [0.25, 0.3) is 5.56 Å². The summed E-state index contributed by atoms with van der Waals surface area (Å²) in [7, 11) is 3.69. The molecule has 0 aliphatic carbocycles. The zero-order valence-electron chi connectivity index (χ0n) is 16.7. The second kappa shape index (κ2) is 8.19. The first-order valence-electron chi connectivity index (χ1n) is 9.47. The van der Waals surface area contributed by atoms with Crippen molar-refractivity contribution >= 4 is 21.6 Å². The first kappa shape index (κ1) is 19.4. The molecule has 0 fully saturated rings. The Balaban J connectivity index is 1.58. The number of hydrogen-bond acceptors (Lipinski definition) is 5. The van der Waals surface area contributed by atoms with Crippen LogP contribution in [0.4, 0.5) is 0 Å². The molecular weight excluding hydrogens is 382 g/mol. The van der Waals surface area contributed by atoms with E-state index in [1.165, 1.54) is 5.56 Å². The summed E-state index contributed by atoms with van der Waals surface area (Å²) >= 11 is 1.55. The Morgan fingerprint density at radius 3 is 2.55 bits per heavy atom. The van der Waals surface area contributed by atoms with E-state index in [1.807, 2.05) is 55.6 Å². The van der Waals surface area contributed by atoms with Gasteiger partial charge in [0.1, 0.15) is 16.4 Å². The van der Waals surface area contributed by atoms with E-state index in [9.17, 15) is 4.79 Å². The molecule has 0 amide bonds. The number of ether oxygens (including phenoxy) is 1. The number of aromatic nitrogens is 2. The first-order chi connectivity index (χ1) is 14.0. The molecule has 0 spiro atoms. The lowest BCUT2D eigenvalue weighted by Gasteiger charge is -2.24. The van der Waals surface area contributed by atoms with Gasteiger partial charge in [-0.15, -0.1) is 11.3 Å². The SMILES string of the molecule is COc1ccc(C(C)N(C)Cc2nc3sc(-c4ccccc4)cc3c(=O)[nH]2)cc1. The molecule has 0 aliphatic rings. The van der Waals surface area contributed by atoms with Gasteiger partial charge < -0.3 is 9.72 Å². The number of aromatic amines is 1. The number of benzene rings is 2. The van der Waals surface area contributed by atoms with Crippen LogP contribution in [0.5, 0.6) is 5.75 Å². The molecule has 29 heavy (non-hydrogen) atoms. The lowest BCUT2D eigenvalue weighted by atomic mass is 10.1. The number of rotatable bonds is 6. The highest BCUT2D eigenvalue weighted by Gasteiger charge is 2.15. The van der Waals surface area contributed by atoms with E-state index in [4.69, 9.17) is 9.72 Å². The number of hydrogen-bond donors (Lipinski definition) is 1. The molecule has 5 nitrogen and oxygen atoms in total. The van der Waals surface area contributed by atoms with Crippen LogP contribution in [0.3, 0.4) is 0 Å². The Hall–Kier alpha value is -2.96. The third kappa shape index (κ3) is 4.09. The zero-order chi connectivity index (χ0) is 20.4. The summed E-state index contributed by atoms with van der Waals surface area (Å²) in [5.74, 6) is 1.51. The molecule has 0 saturated heterocycles. The highest BCUT2D eigenvalue weighted by molar-refractivity contribution is 7.21. The van der Waals surface area contributed by atoms with Gasteiger partial charge in [0.2, 0.25) is 0 Å². The Kier molecular flexibility index (Phi) is 5.47. The molecule has 148 valence electrons. The van der Waals surface area contributed by atoms with Gasteiger partial charge in [0.15, 0.2) is 0 Å². The summed E-state index contributed by atoms with van der Waals surface area (Å²) in [6.45, 7) is 2.69. The van der Waals surface area contributed by atoms with Gasteiger partial charge >= 0.3 is 0 Å². The molecule has 2 aromatic heterocycles. The van der Waals surface area contributed by atoms with Crippen LogP contribution in [0.2, 0.25) is 0 Å². The van der Waals surface area contributed by atoms with Crippen LogP contribution in [-0.2, 0) is 6.54 Å². The fourth-order valence-corrected chi connectivity index (χ4v) is 4.36. The van der Waals surface area contributed by atoms with Crippen LogP contribution in [0.25, 0.3) is 20.7 Å². The minimum Gasteiger partial charge on any atom is -0.497 e. The van der Waals surface area contributed by atoms with Crippen molar-refractivity contribution in [1.29, 1.82) is 0 Å². The van der Waals surface area contributed by atoms with Gasteiger partial charge in [-0.25, -0.2) is 4.98 Å². The normalized spacial score (nSPS) is 12.4. The molecular formula is C23H23N3O2S. The van der Waals surface area contributed by atoms with Crippen molar-refractivity contribution in [3.8, 4) is 16.2 Å². The second-order valence-corrected chi connectivity index (χ2v) is 8.10. The number of methoxy groups -OCH3 is 1. The van der Waals surface area contributed by atoms with Gasteiger partial charge in [0, 0.05) is 10.9 Å². The molecule has 2 heterocycles. The van der Waals surface area contributed by atoms with Gasteiger partial charge in [-0.2, -0.15) is 0 Å². The van der Waals surface area contributed by atoms with Gasteiger partial charge in [-0.05, 0) is 43.3 Å². The second-order valence-electron chi connectivity index (χ2n) is 7.07. The van der Waals surface area contributed by atoms with Crippen LogP contribution in [0.1, 0.15) is 24.4 Å². The van der Waals surface area contributed by atoms with Crippen molar-refractivity contribution in [2.75, 3.05) is 14.2 Å². The molecule has 2 aromatic carbocycles. The maximum Gasteiger partial charge on any atom is 0.259 e. The van der Waals surface area contributed by atoms with E-state index in [0.29, 0.717) is 17.8 Å². The summed E-state index contributed by atoms with van der Waals surface area (Å²) in [6, 6.07) is 20.2. The summed E-state index contributed by atoms with van der Waals surface area (Å²) in [4.78, 5) is 24.3. The highest BCUT2D eigenvalue weighted by atomic mass is 32.1. The predicted octanol–water partition coefficient (Wildman–Crippen LogP) is 4.85. The van der Waals surface area contributed by atoms with Gasteiger partial charge in [-0.1, -0.05) is 42.5 Å². The fourth-order valence-electron chi connectivity index (χ4n) is 3.31. The van der Waals surface area contributed by atoms with Crippen molar-refractivity contribution in [2.45, 2.75) is 19.5 Å². The third-order valence-electron chi connectivity index (χ3n) is 5.17. The minimum atomic E-state index is -0.0890. The topological polar surface area (TPSA) is 58.2 Å². The van der Waals surface area contributed by atoms with Crippen molar-refractivity contribution < 1.29 is 4.74 Å². The Labute approximate surface area is 173 Å². The van der Waals surface area contributed by atoms with Gasteiger partial charge in [0.05, 0.1) is 19.0 Å². The minimum absolute atomic E-state index is 0.0890. The molecule has 4 aromatic rings. The molecule has 1 N–H and O–H groups in total. The summed E-state index contributed by atoms with van der Waals surface area (Å²) < 4.78 is 5.23. The quantitative estimate of drug-likeness (QED) is 0.498. The maximum absolute atomic E-state index is 12.6. The van der Waals surface area contributed by atoms with E-state index < -0.39 is 0 Å². The summed E-state index contributed by atoms with van der Waals surface area (Å²) in [5.41, 5.74) is 2.19.